The Morgan fingerprint density at radius 1 is 0.370 bits per heavy atom. The van der Waals surface area contributed by atoms with E-state index < -0.39 is 0 Å². The Morgan fingerprint density at radius 3 is 1.72 bits per heavy atom. The Labute approximate surface area is 266 Å². The molecule has 0 radical (unpaired) electrons. The summed E-state index contributed by atoms with van der Waals surface area (Å²) in [5.41, 5.74) is 11.5. The zero-order valence-corrected chi connectivity index (χ0v) is 25.0. The van der Waals surface area contributed by atoms with E-state index in [1.165, 1.54) is 0 Å². The van der Waals surface area contributed by atoms with Gasteiger partial charge in [-0.15, -0.1) is 0 Å². The van der Waals surface area contributed by atoms with E-state index in [0.29, 0.717) is 0 Å². The number of fused-ring (bicyclic) bond motifs is 4. The fourth-order valence-corrected chi connectivity index (χ4v) is 6.67. The van der Waals surface area contributed by atoms with Crippen LogP contribution < -0.4 is 0 Å². The average Bonchev–Trinajstić information content (AvgIpc) is 3.68. The van der Waals surface area contributed by atoms with Crippen LogP contribution >= 0.6 is 0 Å². The second-order valence-corrected chi connectivity index (χ2v) is 11.5. The van der Waals surface area contributed by atoms with Gasteiger partial charge in [0.05, 0.1) is 27.9 Å². The van der Waals surface area contributed by atoms with E-state index in [1.54, 1.807) is 0 Å². The zero-order chi connectivity index (χ0) is 30.5. The third-order valence-electron chi connectivity index (χ3n) is 8.77. The largest absolute Gasteiger partial charge is 0.277 e. The van der Waals surface area contributed by atoms with Crippen molar-refractivity contribution >= 4 is 33.0 Å². The smallest absolute Gasteiger partial charge is 0.221 e. The maximum absolute atomic E-state index is 5.53. The van der Waals surface area contributed by atoms with Gasteiger partial charge >= 0.3 is 0 Å². The van der Waals surface area contributed by atoms with Gasteiger partial charge in [-0.05, 0) is 41.5 Å². The molecule has 0 saturated heterocycles. The first kappa shape index (κ1) is 26.2. The number of imidazole rings is 1. The van der Waals surface area contributed by atoms with Crippen molar-refractivity contribution in [1.82, 2.24) is 19.1 Å². The Hall–Kier alpha value is -6.26. The first-order chi connectivity index (χ1) is 22.8. The van der Waals surface area contributed by atoms with Crippen molar-refractivity contribution in [2.24, 2.45) is 0 Å². The molecule has 0 aliphatic heterocycles. The van der Waals surface area contributed by atoms with Gasteiger partial charge in [-0.25, -0.2) is 9.97 Å². The lowest BCUT2D eigenvalue weighted by Crippen LogP contribution is -2.07. The normalized spacial score (nSPS) is 11.5. The minimum absolute atomic E-state index is 0.797. The lowest BCUT2D eigenvalue weighted by Gasteiger charge is -2.16. The highest BCUT2D eigenvalue weighted by Gasteiger charge is 2.24. The summed E-state index contributed by atoms with van der Waals surface area (Å²) in [5, 5.41) is 2.23. The van der Waals surface area contributed by atoms with Crippen molar-refractivity contribution in [3.63, 3.8) is 0 Å². The topological polar surface area (TPSA) is 35.6 Å². The van der Waals surface area contributed by atoms with Crippen molar-refractivity contribution in [3.05, 3.63) is 170 Å². The number of nitrogens with zero attached hydrogens (tertiary/aromatic N) is 4. The standard InChI is InChI=1S/C42H28N4/c1-4-15-29(16-5-1)32-21-10-12-24-37(32)45-39-26-14-23-33(30-17-6-2-7-18-30)40(39)44-42(45)46-38-25-13-11-22-34(38)35-27-28-36(43-41(35)46)31-19-8-3-9-20-31/h1-28H. The molecule has 0 N–H and O–H groups in total. The summed E-state index contributed by atoms with van der Waals surface area (Å²) in [6, 6.07) is 59.4. The first-order valence-electron chi connectivity index (χ1n) is 15.5. The molecular weight excluding hydrogens is 560 g/mol. The van der Waals surface area contributed by atoms with Crippen LogP contribution in [0.25, 0.3) is 78.1 Å². The number of hydrogen-bond donors (Lipinski definition) is 0. The van der Waals surface area contributed by atoms with E-state index >= 15 is 0 Å². The van der Waals surface area contributed by atoms with E-state index in [2.05, 4.69) is 173 Å². The lowest BCUT2D eigenvalue weighted by atomic mass is 10.0. The SMILES string of the molecule is c1ccc(-c2ccc3c4ccccc4n(-c4nc5c(-c6ccccc6)cccc5n4-c4ccccc4-c4ccccc4)c3n2)cc1. The summed E-state index contributed by atoms with van der Waals surface area (Å²) in [6.07, 6.45) is 0. The summed E-state index contributed by atoms with van der Waals surface area (Å²) in [6.45, 7) is 0. The minimum Gasteiger partial charge on any atom is -0.277 e. The third-order valence-corrected chi connectivity index (χ3v) is 8.77. The third kappa shape index (κ3) is 4.15. The van der Waals surface area contributed by atoms with Crippen LogP contribution in [-0.4, -0.2) is 19.1 Å². The molecule has 4 nitrogen and oxygen atoms in total. The number of benzene rings is 6. The summed E-state index contributed by atoms with van der Waals surface area (Å²) in [5.74, 6) is 0.797. The molecular formula is C42H28N4. The molecule has 9 aromatic rings. The highest BCUT2D eigenvalue weighted by molar-refractivity contribution is 6.08. The molecule has 0 amide bonds. The van der Waals surface area contributed by atoms with Gasteiger partial charge in [0.1, 0.15) is 5.65 Å². The molecule has 216 valence electrons. The summed E-state index contributed by atoms with van der Waals surface area (Å²) in [4.78, 5) is 10.9. The molecule has 6 aromatic carbocycles. The molecule has 4 heteroatoms. The molecule has 0 aliphatic carbocycles. The van der Waals surface area contributed by atoms with Crippen molar-refractivity contribution in [2.75, 3.05) is 0 Å². The van der Waals surface area contributed by atoms with Gasteiger partial charge in [0.15, 0.2) is 0 Å². The number of hydrogen-bond acceptors (Lipinski definition) is 2. The van der Waals surface area contributed by atoms with Crippen molar-refractivity contribution in [2.45, 2.75) is 0 Å². The van der Waals surface area contributed by atoms with Crippen LogP contribution in [0.15, 0.2) is 170 Å². The number of rotatable bonds is 5. The van der Waals surface area contributed by atoms with Gasteiger partial charge in [-0.3, -0.25) is 9.13 Å². The number of pyridine rings is 1. The fraction of sp³-hybridized carbons (Fsp3) is 0. The van der Waals surface area contributed by atoms with E-state index in [0.717, 1.165) is 78.1 Å². The summed E-state index contributed by atoms with van der Waals surface area (Å²) in [7, 11) is 0. The van der Waals surface area contributed by atoms with E-state index in [4.69, 9.17) is 9.97 Å². The van der Waals surface area contributed by atoms with Crippen LogP contribution in [-0.2, 0) is 0 Å². The molecule has 0 unspecified atom stereocenters. The van der Waals surface area contributed by atoms with Crippen molar-refractivity contribution in [1.29, 1.82) is 0 Å². The highest BCUT2D eigenvalue weighted by Crippen LogP contribution is 2.39. The van der Waals surface area contributed by atoms with Gasteiger partial charge in [-0.1, -0.05) is 140 Å². The monoisotopic (exact) mass is 588 g/mol. The summed E-state index contributed by atoms with van der Waals surface area (Å²) < 4.78 is 4.56. The number of para-hydroxylation sites is 3. The average molecular weight is 589 g/mol. The van der Waals surface area contributed by atoms with Gasteiger partial charge in [0, 0.05) is 27.5 Å². The van der Waals surface area contributed by atoms with E-state index in [9.17, 15) is 0 Å². The van der Waals surface area contributed by atoms with Crippen LogP contribution in [0.2, 0.25) is 0 Å². The quantitative estimate of drug-likeness (QED) is 0.200. The Kier molecular flexibility index (Phi) is 6.10. The van der Waals surface area contributed by atoms with E-state index in [1.807, 2.05) is 6.07 Å². The van der Waals surface area contributed by atoms with Crippen molar-refractivity contribution < 1.29 is 0 Å². The van der Waals surface area contributed by atoms with Crippen LogP contribution in [0.1, 0.15) is 0 Å². The van der Waals surface area contributed by atoms with Crippen LogP contribution in [0, 0.1) is 0 Å². The highest BCUT2D eigenvalue weighted by atomic mass is 15.3. The number of aromatic nitrogens is 4. The molecule has 0 fully saturated rings. The molecule has 46 heavy (non-hydrogen) atoms. The molecule has 0 spiro atoms. The van der Waals surface area contributed by atoms with Crippen LogP contribution in [0.4, 0.5) is 0 Å². The van der Waals surface area contributed by atoms with Crippen LogP contribution in [0.3, 0.4) is 0 Å². The van der Waals surface area contributed by atoms with E-state index in [-0.39, 0.29) is 0 Å². The Bertz CT molecular complexity index is 2510. The van der Waals surface area contributed by atoms with Gasteiger partial charge < -0.3 is 0 Å². The molecule has 0 aliphatic rings. The Balaban J connectivity index is 1.43. The molecule has 0 atom stereocenters. The molecule has 0 saturated carbocycles. The first-order valence-corrected chi connectivity index (χ1v) is 15.5. The van der Waals surface area contributed by atoms with Gasteiger partial charge in [-0.2, -0.15) is 0 Å². The molecule has 9 rings (SSSR count). The molecule has 0 bridgehead atoms. The summed E-state index contributed by atoms with van der Waals surface area (Å²) >= 11 is 0. The van der Waals surface area contributed by atoms with Gasteiger partial charge in [0.25, 0.3) is 0 Å². The predicted octanol–water partition coefficient (Wildman–Crippen LogP) is 10.5. The second-order valence-electron chi connectivity index (χ2n) is 11.5. The lowest BCUT2D eigenvalue weighted by molar-refractivity contribution is 0.947. The van der Waals surface area contributed by atoms with Crippen LogP contribution in [0.5, 0.6) is 0 Å². The maximum atomic E-state index is 5.53. The zero-order valence-electron chi connectivity index (χ0n) is 25.0. The minimum atomic E-state index is 0.797. The fourth-order valence-electron chi connectivity index (χ4n) is 6.67. The molecule has 3 heterocycles. The Morgan fingerprint density at radius 2 is 0.957 bits per heavy atom. The predicted molar refractivity (Wildman–Crippen MR) is 190 cm³/mol. The molecule has 3 aromatic heterocycles. The maximum Gasteiger partial charge on any atom is 0.221 e. The van der Waals surface area contributed by atoms with Crippen molar-refractivity contribution in [3.8, 4) is 45.1 Å². The van der Waals surface area contributed by atoms with Gasteiger partial charge in [0.2, 0.25) is 5.95 Å². The second kappa shape index (κ2) is 10.7.